The summed E-state index contributed by atoms with van der Waals surface area (Å²) in [6.45, 7) is 2.20. The highest BCUT2D eigenvalue weighted by atomic mass is 16.4. The van der Waals surface area contributed by atoms with Crippen molar-refractivity contribution in [2.45, 2.75) is 63.5 Å². The van der Waals surface area contributed by atoms with Gasteiger partial charge in [-0.1, -0.05) is 24.6 Å². The van der Waals surface area contributed by atoms with Gasteiger partial charge in [0, 0.05) is 42.4 Å². The highest BCUT2D eigenvalue weighted by Crippen LogP contribution is 2.19. The highest BCUT2D eigenvalue weighted by Gasteiger charge is 2.29. The van der Waals surface area contributed by atoms with Gasteiger partial charge in [0.2, 0.25) is 17.7 Å². The van der Waals surface area contributed by atoms with Crippen molar-refractivity contribution >= 4 is 40.6 Å². The van der Waals surface area contributed by atoms with E-state index in [9.17, 15) is 34.2 Å². The predicted octanol–water partition coefficient (Wildman–Crippen LogP) is 0.916. The molecule has 12 heteroatoms. The van der Waals surface area contributed by atoms with Gasteiger partial charge in [-0.05, 0) is 50.4 Å². The first-order chi connectivity index (χ1) is 18.7. The zero-order chi connectivity index (χ0) is 28.2. The predicted molar refractivity (Wildman–Crippen MR) is 143 cm³/mol. The molecule has 0 spiro atoms. The van der Waals surface area contributed by atoms with E-state index >= 15 is 0 Å². The molecule has 0 aliphatic carbocycles. The molecule has 2 aromatic rings. The first kappa shape index (κ1) is 29.6. The number of hydrogen-bond donors (Lipinski definition) is 7. The van der Waals surface area contributed by atoms with Crippen LogP contribution in [0.15, 0.2) is 30.5 Å². The standard InChI is InChI=1S/C27H37N5O7/c33-23(8-2-1-5-11-29-25(36)17-9-12-28-13-10-17)31-21(15-24(34)35)26(37)32-22(27(38)39)14-18-16-30-20-7-4-3-6-19(18)20/h3-4,6-7,16-17,21-22,28,30H,1-2,5,8-15H2,(H,29,36)(H,31,33)(H,32,37)(H,34,35)(H,38,39)/t21-,22-/m0/s1. The van der Waals surface area contributed by atoms with Gasteiger partial charge in [-0.3, -0.25) is 19.2 Å². The van der Waals surface area contributed by atoms with E-state index in [0.717, 1.165) is 36.8 Å². The smallest absolute Gasteiger partial charge is 0.326 e. The number of unbranched alkanes of at least 4 members (excludes halogenated alkanes) is 2. The summed E-state index contributed by atoms with van der Waals surface area (Å²) in [6.07, 6.45) is 4.55. The Labute approximate surface area is 226 Å². The number of piperidine rings is 1. The van der Waals surface area contributed by atoms with E-state index in [1.807, 2.05) is 24.3 Å². The fraction of sp³-hybridized carbons (Fsp3) is 0.519. The molecular weight excluding hydrogens is 506 g/mol. The van der Waals surface area contributed by atoms with Gasteiger partial charge < -0.3 is 36.5 Å². The Hall–Kier alpha value is -3.93. The second-order valence-corrected chi connectivity index (χ2v) is 9.81. The van der Waals surface area contributed by atoms with Crippen LogP contribution in [-0.2, 0) is 30.4 Å². The number of aliphatic carboxylic acids is 2. The molecule has 1 saturated heterocycles. The Morgan fingerprint density at radius 1 is 0.949 bits per heavy atom. The molecule has 2 atom stereocenters. The van der Waals surface area contributed by atoms with Crippen LogP contribution in [0.2, 0.25) is 0 Å². The number of carbonyl (C=O) groups is 5. The maximum Gasteiger partial charge on any atom is 0.326 e. The van der Waals surface area contributed by atoms with E-state index < -0.39 is 42.3 Å². The molecular formula is C27H37N5O7. The van der Waals surface area contributed by atoms with Crippen molar-refractivity contribution in [2.24, 2.45) is 5.92 Å². The minimum atomic E-state index is -1.41. The average Bonchev–Trinajstić information content (AvgIpc) is 3.32. The molecule has 1 aliphatic heterocycles. The third-order valence-electron chi connectivity index (χ3n) is 6.83. The van der Waals surface area contributed by atoms with Gasteiger partial charge in [0.15, 0.2) is 0 Å². The van der Waals surface area contributed by atoms with Gasteiger partial charge in [-0.25, -0.2) is 4.79 Å². The number of H-pyrrole nitrogens is 1. The second-order valence-electron chi connectivity index (χ2n) is 9.81. The molecule has 1 aliphatic rings. The third kappa shape index (κ3) is 9.40. The molecule has 212 valence electrons. The number of benzene rings is 1. The first-order valence-electron chi connectivity index (χ1n) is 13.3. The number of carbonyl (C=O) groups excluding carboxylic acids is 3. The Morgan fingerprint density at radius 3 is 2.41 bits per heavy atom. The second kappa shape index (κ2) is 14.9. The number of carboxylic acids is 2. The van der Waals surface area contributed by atoms with E-state index in [2.05, 4.69) is 26.3 Å². The monoisotopic (exact) mass is 543 g/mol. The Kier molecular flexibility index (Phi) is 11.3. The summed E-state index contributed by atoms with van der Waals surface area (Å²) in [5.74, 6) is -3.86. The van der Waals surface area contributed by atoms with E-state index in [1.54, 1.807) is 6.20 Å². The van der Waals surface area contributed by atoms with Crippen LogP contribution in [0.4, 0.5) is 0 Å². The van der Waals surface area contributed by atoms with Crippen LogP contribution in [-0.4, -0.2) is 76.6 Å². The summed E-state index contributed by atoms with van der Waals surface area (Å²) in [7, 11) is 0. The SMILES string of the molecule is O=C(O)C[C@H](NC(=O)CCCCCNC(=O)C1CCNCC1)C(=O)N[C@@H](Cc1c[nH]c2ccccc12)C(=O)O. The third-order valence-corrected chi connectivity index (χ3v) is 6.83. The molecule has 1 aromatic carbocycles. The quantitative estimate of drug-likeness (QED) is 0.161. The molecule has 0 unspecified atom stereocenters. The minimum absolute atomic E-state index is 0.0208. The van der Waals surface area contributed by atoms with Crippen molar-refractivity contribution in [3.05, 3.63) is 36.0 Å². The highest BCUT2D eigenvalue weighted by molar-refractivity contribution is 5.93. The maximum atomic E-state index is 12.8. The number of carboxylic acid groups (broad SMARTS) is 2. The van der Waals surface area contributed by atoms with Gasteiger partial charge in [-0.2, -0.15) is 0 Å². The lowest BCUT2D eigenvalue weighted by molar-refractivity contribution is -0.143. The lowest BCUT2D eigenvalue weighted by Crippen LogP contribution is -2.52. The van der Waals surface area contributed by atoms with Crippen LogP contribution in [0.1, 0.15) is 50.5 Å². The molecule has 0 bridgehead atoms. The Morgan fingerprint density at radius 2 is 1.69 bits per heavy atom. The van der Waals surface area contributed by atoms with Gasteiger partial charge in [0.05, 0.1) is 6.42 Å². The van der Waals surface area contributed by atoms with Crippen LogP contribution in [0, 0.1) is 5.92 Å². The molecule has 1 fully saturated rings. The summed E-state index contributed by atoms with van der Waals surface area (Å²) in [6, 6.07) is 4.60. The lowest BCUT2D eigenvalue weighted by atomic mass is 9.97. The molecule has 3 amide bonds. The minimum Gasteiger partial charge on any atom is -0.481 e. The van der Waals surface area contributed by atoms with Crippen LogP contribution in [0.25, 0.3) is 10.9 Å². The number of hydrogen-bond acceptors (Lipinski definition) is 6. The van der Waals surface area contributed by atoms with Crippen molar-refractivity contribution in [3.63, 3.8) is 0 Å². The van der Waals surface area contributed by atoms with Crippen molar-refractivity contribution in [1.82, 2.24) is 26.3 Å². The van der Waals surface area contributed by atoms with Crippen molar-refractivity contribution in [1.29, 1.82) is 0 Å². The topological polar surface area (TPSA) is 190 Å². The fourth-order valence-corrected chi connectivity index (χ4v) is 4.67. The van der Waals surface area contributed by atoms with Crippen LogP contribution in [0.3, 0.4) is 0 Å². The van der Waals surface area contributed by atoms with E-state index in [1.165, 1.54) is 0 Å². The number of aromatic amines is 1. The van der Waals surface area contributed by atoms with E-state index in [-0.39, 0.29) is 24.7 Å². The Bertz CT molecular complexity index is 1160. The van der Waals surface area contributed by atoms with Gasteiger partial charge in [0.25, 0.3) is 0 Å². The van der Waals surface area contributed by atoms with Crippen molar-refractivity contribution < 1.29 is 34.2 Å². The summed E-state index contributed by atoms with van der Waals surface area (Å²) in [5.41, 5.74) is 1.51. The first-order valence-corrected chi connectivity index (χ1v) is 13.3. The number of aromatic nitrogens is 1. The Balaban J connectivity index is 1.44. The number of amides is 3. The number of fused-ring (bicyclic) bond motifs is 1. The van der Waals surface area contributed by atoms with Gasteiger partial charge >= 0.3 is 11.9 Å². The van der Waals surface area contributed by atoms with Crippen LogP contribution in [0.5, 0.6) is 0 Å². The summed E-state index contributed by atoms with van der Waals surface area (Å²) in [4.78, 5) is 63.7. The molecule has 0 radical (unpaired) electrons. The van der Waals surface area contributed by atoms with Crippen molar-refractivity contribution in [3.8, 4) is 0 Å². The number of para-hydroxylation sites is 1. The lowest BCUT2D eigenvalue weighted by Gasteiger charge is -2.21. The maximum absolute atomic E-state index is 12.8. The molecule has 2 heterocycles. The molecule has 3 rings (SSSR count). The normalized spacial score (nSPS) is 15.3. The summed E-state index contributed by atoms with van der Waals surface area (Å²) < 4.78 is 0. The van der Waals surface area contributed by atoms with Gasteiger partial charge in [0.1, 0.15) is 12.1 Å². The van der Waals surface area contributed by atoms with Gasteiger partial charge in [-0.15, -0.1) is 0 Å². The fourth-order valence-electron chi connectivity index (χ4n) is 4.67. The number of rotatable bonds is 15. The molecule has 39 heavy (non-hydrogen) atoms. The zero-order valence-electron chi connectivity index (χ0n) is 21.8. The molecule has 0 saturated carbocycles. The van der Waals surface area contributed by atoms with E-state index in [4.69, 9.17) is 0 Å². The average molecular weight is 544 g/mol. The summed E-state index contributed by atoms with van der Waals surface area (Å²) >= 11 is 0. The molecule has 7 N–H and O–H groups in total. The molecule has 12 nitrogen and oxygen atoms in total. The summed E-state index contributed by atoms with van der Waals surface area (Å²) in [5, 5.41) is 30.7. The largest absolute Gasteiger partial charge is 0.481 e. The number of nitrogens with one attached hydrogen (secondary N) is 5. The van der Waals surface area contributed by atoms with Crippen LogP contribution >= 0.6 is 0 Å². The van der Waals surface area contributed by atoms with Crippen molar-refractivity contribution in [2.75, 3.05) is 19.6 Å². The van der Waals surface area contributed by atoms with E-state index in [0.29, 0.717) is 31.4 Å². The van der Waals surface area contributed by atoms with Crippen LogP contribution < -0.4 is 21.3 Å². The molecule has 1 aromatic heterocycles. The zero-order valence-corrected chi connectivity index (χ0v) is 21.8.